The van der Waals surface area contributed by atoms with Crippen LogP contribution in [0, 0.1) is 0 Å². The van der Waals surface area contributed by atoms with Gasteiger partial charge in [0.1, 0.15) is 5.75 Å². The molecule has 27 heavy (non-hydrogen) atoms. The van der Waals surface area contributed by atoms with Crippen LogP contribution in [0.1, 0.15) is 0 Å². The lowest BCUT2D eigenvalue weighted by Crippen LogP contribution is -1.98. The van der Waals surface area contributed by atoms with Gasteiger partial charge in [-0.25, -0.2) is 9.67 Å². The predicted octanol–water partition coefficient (Wildman–Crippen LogP) is 4.10. The summed E-state index contributed by atoms with van der Waals surface area (Å²) in [4.78, 5) is 12.0. The molecule has 0 spiro atoms. The summed E-state index contributed by atoms with van der Waals surface area (Å²) in [5.41, 5.74) is 3.40. The highest BCUT2D eigenvalue weighted by Gasteiger charge is 2.13. The van der Waals surface area contributed by atoms with Gasteiger partial charge in [-0.3, -0.25) is 0 Å². The van der Waals surface area contributed by atoms with Crippen LogP contribution in [0.15, 0.2) is 66.9 Å². The smallest absolute Gasteiger partial charge is 0.300 e. The standard InChI is InChI=1S/C20H15N5O2/c1-26-19-15-5-4-12-21-18(15)25(24-19)13-8-10-14(11-9-13)27-20-22-16-6-2-3-7-17(16)23-20/h2-12H,1H3,(H,22,23). The van der Waals surface area contributed by atoms with Crippen molar-refractivity contribution in [3.63, 3.8) is 0 Å². The Morgan fingerprint density at radius 2 is 1.81 bits per heavy atom. The van der Waals surface area contributed by atoms with Crippen LogP contribution in [-0.2, 0) is 0 Å². The molecule has 0 bridgehead atoms. The molecule has 2 aromatic carbocycles. The van der Waals surface area contributed by atoms with E-state index in [4.69, 9.17) is 9.47 Å². The number of benzene rings is 2. The Hall–Kier alpha value is -3.87. The van der Waals surface area contributed by atoms with Crippen molar-refractivity contribution in [2.45, 2.75) is 0 Å². The molecular weight excluding hydrogens is 342 g/mol. The molecule has 0 amide bonds. The minimum Gasteiger partial charge on any atom is -0.479 e. The van der Waals surface area contributed by atoms with Gasteiger partial charge in [0.2, 0.25) is 5.88 Å². The van der Waals surface area contributed by atoms with Crippen molar-refractivity contribution >= 4 is 22.1 Å². The number of aromatic amines is 1. The molecule has 5 rings (SSSR count). The van der Waals surface area contributed by atoms with Crippen LogP contribution in [-0.4, -0.2) is 31.8 Å². The van der Waals surface area contributed by atoms with E-state index < -0.39 is 0 Å². The number of nitrogens with one attached hydrogen (secondary N) is 1. The Balaban J connectivity index is 1.47. The molecule has 0 saturated heterocycles. The number of H-pyrrole nitrogens is 1. The zero-order valence-corrected chi connectivity index (χ0v) is 14.5. The summed E-state index contributed by atoms with van der Waals surface area (Å²) < 4.78 is 12.9. The fourth-order valence-corrected chi connectivity index (χ4v) is 3.00. The number of pyridine rings is 1. The lowest BCUT2D eigenvalue weighted by atomic mass is 10.3. The second-order valence-corrected chi connectivity index (χ2v) is 5.95. The highest BCUT2D eigenvalue weighted by atomic mass is 16.5. The lowest BCUT2D eigenvalue weighted by Gasteiger charge is -2.05. The van der Waals surface area contributed by atoms with E-state index in [1.807, 2.05) is 60.7 Å². The normalized spacial score (nSPS) is 11.1. The van der Waals surface area contributed by atoms with E-state index >= 15 is 0 Å². The Morgan fingerprint density at radius 3 is 2.63 bits per heavy atom. The minimum atomic E-state index is 0.455. The Bertz CT molecular complexity index is 1210. The molecule has 3 aromatic heterocycles. The number of rotatable bonds is 4. The first-order chi connectivity index (χ1) is 13.3. The number of hydrogen-bond donors (Lipinski definition) is 1. The van der Waals surface area contributed by atoms with E-state index in [0.717, 1.165) is 27.8 Å². The van der Waals surface area contributed by atoms with E-state index in [-0.39, 0.29) is 0 Å². The van der Waals surface area contributed by atoms with Crippen LogP contribution in [0.5, 0.6) is 17.6 Å². The van der Waals surface area contributed by atoms with Gasteiger partial charge in [0, 0.05) is 6.20 Å². The van der Waals surface area contributed by atoms with Crippen molar-refractivity contribution < 1.29 is 9.47 Å². The summed E-state index contributed by atoms with van der Waals surface area (Å²) in [7, 11) is 1.60. The van der Waals surface area contributed by atoms with Gasteiger partial charge in [0.15, 0.2) is 5.65 Å². The van der Waals surface area contributed by atoms with Gasteiger partial charge < -0.3 is 14.5 Å². The molecule has 7 heteroatoms. The molecule has 0 fully saturated rings. The van der Waals surface area contributed by atoms with E-state index in [1.54, 1.807) is 18.0 Å². The average molecular weight is 357 g/mol. The predicted molar refractivity (Wildman–Crippen MR) is 102 cm³/mol. The van der Waals surface area contributed by atoms with Gasteiger partial charge in [0.25, 0.3) is 6.01 Å². The third kappa shape index (κ3) is 2.65. The molecule has 0 aliphatic carbocycles. The van der Waals surface area contributed by atoms with Crippen LogP contribution < -0.4 is 9.47 Å². The fourth-order valence-electron chi connectivity index (χ4n) is 3.00. The van der Waals surface area contributed by atoms with E-state index in [2.05, 4.69) is 20.1 Å². The molecule has 0 aliphatic rings. The number of hydrogen-bond acceptors (Lipinski definition) is 5. The first-order valence-corrected chi connectivity index (χ1v) is 8.42. The summed E-state index contributed by atoms with van der Waals surface area (Å²) in [6.45, 7) is 0. The fraction of sp³-hybridized carbons (Fsp3) is 0.0500. The van der Waals surface area contributed by atoms with Crippen molar-refractivity contribution in [2.24, 2.45) is 0 Å². The highest BCUT2D eigenvalue weighted by Crippen LogP contribution is 2.27. The van der Waals surface area contributed by atoms with Crippen LogP contribution in [0.25, 0.3) is 27.8 Å². The molecule has 1 N–H and O–H groups in total. The van der Waals surface area contributed by atoms with Crippen LogP contribution in [0.4, 0.5) is 0 Å². The lowest BCUT2D eigenvalue weighted by molar-refractivity contribution is 0.398. The summed E-state index contributed by atoms with van der Waals surface area (Å²) in [5.74, 6) is 1.22. The highest BCUT2D eigenvalue weighted by molar-refractivity contribution is 5.82. The maximum Gasteiger partial charge on any atom is 0.300 e. The first-order valence-electron chi connectivity index (χ1n) is 8.42. The number of para-hydroxylation sites is 2. The number of imidazole rings is 1. The van der Waals surface area contributed by atoms with Gasteiger partial charge in [0.05, 0.1) is 29.2 Å². The molecule has 0 unspecified atom stereocenters. The van der Waals surface area contributed by atoms with Gasteiger partial charge in [-0.05, 0) is 48.5 Å². The van der Waals surface area contributed by atoms with E-state index in [1.165, 1.54) is 0 Å². The molecular formula is C20H15N5O2. The number of methoxy groups -OCH3 is 1. The van der Waals surface area contributed by atoms with Gasteiger partial charge in [-0.1, -0.05) is 12.1 Å². The molecule has 132 valence electrons. The van der Waals surface area contributed by atoms with Crippen molar-refractivity contribution in [2.75, 3.05) is 7.11 Å². The third-order valence-corrected chi connectivity index (χ3v) is 4.27. The first kappa shape index (κ1) is 15.4. The van der Waals surface area contributed by atoms with Gasteiger partial charge in [-0.15, -0.1) is 5.10 Å². The topological polar surface area (TPSA) is 77.9 Å². The Labute approximate surface area is 154 Å². The molecule has 7 nitrogen and oxygen atoms in total. The summed E-state index contributed by atoms with van der Waals surface area (Å²) in [6.07, 6.45) is 1.74. The third-order valence-electron chi connectivity index (χ3n) is 4.27. The maximum atomic E-state index is 5.83. The second-order valence-electron chi connectivity index (χ2n) is 5.95. The van der Waals surface area contributed by atoms with Crippen molar-refractivity contribution in [1.29, 1.82) is 0 Å². The zero-order valence-electron chi connectivity index (χ0n) is 14.5. The number of nitrogens with zero attached hydrogens (tertiary/aromatic N) is 4. The number of ether oxygens (including phenoxy) is 2. The van der Waals surface area contributed by atoms with Crippen molar-refractivity contribution in [1.82, 2.24) is 24.7 Å². The second kappa shape index (κ2) is 6.14. The summed E-state index contributed by atoms with van der Waals surface area (Å²) in [6, 6.07) is 19.6. The van der Waals surface area contributed by atoms with E-state index in [0.29, 0.717) is 17.6 Å². The SMILES string of the molecule is COc1nn(-c2ccc(Oc3nc4ccccc4[nH]3)cc2)c2ncccc12. The van der Waals surface area contributed by atoms with E-state index in [9.17, 15) is 0 Å². The Morgan fingerprint density at radius 1 is 0.963 bits per heavy atom. The quantitative estimate of drug-likeness (QED) is 0.524. The maximum absolute atomic E-state index is 5.83. The van der Waals surface area contributed by atoms with Crippen LogP contribution >= 0.6 is 0 Å². The zero-order chi connectivity index (χ0) is 18.2. The van der Waals surface area contributed by atoms with Gasteiger partial charge in [-0.2, -0.15) is 4.98 Å². The number of fused-ring (bicyclic) bond motifs is 2. The van der Waals surface area contributed by atoms with Crippen LogP contribution in [0.2, 0.25) is 0 Å². The molecule has 5 aromatic rings. The largest absolute Gasteiger partial charge is 0.479 e. The summed E-state index contributed by atoms with van der Waals surface area (Å²) in [5, 5.41) is 5.36. The Kier molecular flexibility index (Phi) is 3.50. The number of aromatic nitrogens is 5. The van der Waals surface area contributed by atoms with Crippen LogP contribution in [0.3, 0.4) is 0 Å². The monoisotopic (exact) mass is 357 g/mol. The molecule has 0 radical (unpaired) electrons. The molecule has 3 heterocycles. The van der Waals surface area contributed by atoms with Crippen molar-refractivity contribution in [3.05, 3.63) is 66.9 Å². The summed E-state index contributed by atoms with van der Waals surface area (Å²) >= 11 is 0. The van der Waals surface area contributed by atoms with Gasteiger partial charge >= 0.3 is 0 Å². The average Bonchev–Trinajstić information content (AvgIpc) is 3.29. The molecule has 0 aliphatic heterocycles. The molecule has 0 saturated carbocycles. The van der Waals surface area contributed by atoms with Crippen molar-refractivity contribution in [3.8, 4) is 23.3 Å². The molecule has 0 atom stereocenters. The minimum absolute atomic E-state index is 0.455.